The van der Waals surface area contributed by atoms with E-state index in [1.807, 2.05) is 0 Å². The molecule has 0 spiro atoms. The molecule has 2 amide bonds. The van der Waals surface area contributed by atoms with Gasteiger partial charge in [-0.3, -0.25) is 19.7 Å². The zero-order chi connectivity index (χ0) is 18.6. The monoisotopic (exact) mass is 345 g/mol. The lowest BCUT2D eigenvalue weighted by atomic mass is 10.1. The fraction of sp³-hybridized carbons (Fsp3) is 0.176. The van der Waals surface area contributed by atoms with Crippen LogP contribution in [0.4, 0.5) is 15.8 Å². The molecule has 0 saturated carbocycles. The van der Waals surface area contributed by atoms with Crippen molar-refractivity contribution >= 4 is 23.2 Å². The number of amides is 2. The van der Waals surface area contributed by atoms with Crippen LogP contribution < -0.4 is 10.6 Å². The van der Waals surface area contributed by atoms with Crippen LogP contribution >= 0.6 is 0 Å². The van der Waals surface area contributed by atoms with Crippen molar-refractivity contribution in [1.29, 1.82) is 0 Å². The van der Waals surface area contributed by atoms with E-state index in [-0.39, 0.29) is 24.2 Å². The number of hydrogen-bond acceptors (Lipinski definition) is 4. The molecule has 2 N–H and O–H groups in total. The van der Waals surface area contributed by atoms with Gasteiger partial charge in [-0.05, 0) is 43.3 Å². The van der Waals surface area contributed by atoms with Gasteiger partial charge in [0.25, 0.3) is 11.6 Å². The van der Waals surface area contributed by atoms with Crippen molar-refractivity contribution in [3.05, 3.63) is 69.5 Å². The number of primary amides is 1. The lowest BCUT2D eigenvalue weighted by molar-refractivity contribution is -0.385. The summed E-state index contributed by atoms with van der Waals surface area (Å²) in [4.78, 5) is 35.5. The number of nitrogens with two attached hydrogens (primary N) is 1. The lowest BCUT2D eigenvalue weighted by Crippen LogP contribution is -2.34. The summed E-state index contributed by atoms with van der Waals surface area (Å²) in [6.45, 7) is 1.54. The van der Waals surface area contributed by atoms with Gasteiger partial charge in [-0.15, -0.1) is 0 Å². The summed E-state index contributed by atoms with van der Waals surface area (Å²) in [5.41, 5.74) is 6.00. The molecular weight excluding hydrogens is 329 g/mol. The zero-order valence-corrected chi connectivity index (χ0v) is 13.4. The molecule has 0 unspecified atom stereocenters. The van der Waals surface area contributed by atoms with Crippen molar-refractivity contribution in [1.82, 2.24) is 0 Å². The molecule has 0 aliphatic heterocycles. The number of carbonyl (C=O) groups excluding carboxylic acids is 2. The van der Waals surface area contributed by atoms with E-state index in [1.165, 1.54) is 54.3 Å². The van der Waals surface area contributed by atoms with Crippen LogP contribution in [0.1, 0.15) is 22.3 Å². The van der Waals surface area contributed by atoms with E-state index in [0.717, 1.165) is 0 Å². The van der Waals surface area contributed by atoms with Crippen LogP contribution in [0.25, 0.3) is 0 Å². The quantitative estimate of drug-likeness (QED) is 0.641. The Kier molecular flexibility index (Phi) is 5.43. The highest BCUT2D eigenvalue weighted by molar-refractivity contribution is 6.06. The van der Waals surface area contributed by atoms with E-state index in [9.17, 15) is 24.1 Å². The summed E-state index contributed by atoms with van der Waals surface area (Å²) in [5, 5.41) is 10.9. The minimum Gasteiger partial charge on any atom is -0.370 e. The fourth-order valence-electron chi connectivity index (χ4n) is 2.34. The molecule has 25 heavy (non-hydrogen) atoms. The Morgan fingerprint density at radius 3 is 2.36 bits per heavy atom. The largest absolute Gasteiger partial charge is 0.370 e. The molecule has 0 aliphatic rings. The third-order valence-corrected chi connectivity index (χ3v) is 3.61. The van der Waals surface area contributed by atoms with Crippen LogP contribution in [0.2, 0.25) is 0 Å². The fourth-order valence-corrected chi connectivity index (χ4v) is 2.34. The summed E-state index contributed by atoms with van der Waals surface area (Å²) in [5.74, 6) is -1.51. The molecule has 0 saturated heterocycles. The number of hydrogen-bond donors (Lipinski definition) is 1. The molecule has 0 atom stereocenters. The number of benzene rings is 2. The highest BCUT2D eigenvalue weighted by Crippen LogP contribution is 2.22. The van der Waals surface area contributed by atoms with Gasteiger partial charge < -0.3 is 10.6 Å². The minimum absolute atomic E-state index is 0.00976. The maximum atomic E-state index is 13.1. The number of nitro groups is 1. The second-order valence-corrected chi connectivity index (χ2v) is 5.41. The Morgan fingerprint density at radius 1 is 1.20 bits per heavy atom. The van der Waals surface area contributed by atoms with Crippen LogP contribution in [0.5, 0.6) is 0 Å². The Hall–Kier alpha value is -3.29. The van der Waals surface area contributed by atoms with Gasteiger partial charge >= 0.3 is 0 Å². The average Bonchev–Trinajstić information content (AvgIpc) is 2.55. The predicted molar refractivity (Wildman–Crippen MR) is 89.7 cm³/mol. The summed E-state index contributed by atoms with van der Waals surface area (Å²) in [6.07, 6.45) is -0.0743. The number of rotatable bonds is 6. The van der Waals surface area contributed by atoms with Crippen molar-refractivity contribution < 1.29 is 18.9 Å². The van der Waals surface area contributed by atoms with Gasteiger partial charge in [0.05, 0.1) is 4.92 Å². The molecular formula is C17H16FN3O4. The predicted octanol–water partition coefficient (Wildman–Crippen LogP) is 2.56. The highest BCUT2D eigenvalue weighted by Gasteiger charge is 2.21. The summed E-state index contributed by atoms with van der Waals surface area (Å²) in [7, 11) is 0. The molecule has 8 heteroatoms. The van der Waals surface area contributed by atoms with E-state index < -0.39 is 22.6 Å². The van der Waals surface area contributed by atoms with Crippen LogP contribution in [0, 0.1) is 22.9 Å². The summed E-state index contributed by atoms with van der Waals surface area (Å²) >= 11 is 0. The first-order valence-electron chi connectivity index (χ1n) is 7.40. The maximum absolute atomic E-state index is 13.1. The number of nitrogens with zero attached hydrogens (tertiary/aromatic N) is 2. The third kappa shape index (κ3) is 4.37. The first kappa shape index (κ1) is 18.1. The second kappa shape index (κ2) is 7.52. The Balaban J connectivity index is 2.37. The first-order valence-corrected chi connectivity index (χ1v) is 7.40. The number of halogens is 1. The number of carbonyl (C=O) groups is 2. The van der Waals surface area contributed by atoms with E-state index in [2.05, 4.69) is 0 Å². The van der Waals surface area contributed by atoms with Crippen LogP contribution in [-0.4, -0.2) is 23.3 Å². The van der Waals surface area contributed by atoms with Gasteiger partial charge in [-0.1, -0.05) is 0 Å². The number of nitro benzene ring substituents is 1. The zero-order valence-electron chi connectivity index (χ0n) is 13.4. The van der Waals surface area contributed by atoms with Gasteiger partial charge in [-0.25, -0.2) is 4.39 Å². The average molecular weight is 345 g/mol. The number of anilines is 1. The molecule has 7 nitrogen and oxygen atoms in total. The first-order chi connectivity index (χ1) is 11.8. The van der Waals surface area contributed by atoms with E-state index in [1.54, 1.807) is 0 Å². The smallest absolute Gasteiger partial charge is 0.272 e. The summed E-state index contributed by atoms with van der Waals surface area (Å²) in [6, 6.07) is 9.20. The van der Waals surface area contributed by atoms with Crippen LogP contribution in [0.3, 0.4) is 0 Å². The van der Waals surface area contributed by atoms with Gasteiger partial charge in [0.15, 0.2) is 0 Å². The molecule has 0 aliphatic carbocycles. The molecule has 0 fully saturated rings. The van der Waals surface area contributed by atoms with Crippen molar-refractivity contribution in [2.75, 3.05) is 11.4 Å². The van der Waals surface area contributed by atoms with E-state index in [0.29, 0.717) is 11.3 Å². The van der Waals surface area contributed by atoms with Crippen molar-refractivity contribution in [2.24, 2.45) is 5.73 Å². The molecule has 0 heterocycles. The molecule has 0 aromatic heterocycles. The van der Waals surface area contributed by atoms with Gasteiger partial charge in [0.2, 0.25) is 5.91 Å². The molecule has 2 aromatic carbocycles. The Morgan fingerprint density at radius 2 is 1.84 bits per heavy atom. The third-order valence-electron chi connectivity index (χ3n) is 3.61. The molecule has 130 valence electrons. The Bertz CT molecular complexity index is 821. The summed E-state index contributed by atoms with van der Waals surface area (Å²) < 4.78 is 13.1. The molecule has 2 aromatic rings. The molecule has 2 rings (SSSR count). The van der Waals surface area contributed by atoms with Crippen molar-refractivity contribution in [2.45, 2.75) is 13.3 Å². The lowest BCUT2D eigenvalue weighted by Gasteiger charge is -2.22. The Labute approximate surface area is 143 Å². The molecule has 0 bridgehead atoms. The number of aryl methyl sites for hydroxylation is 1. The van der Waals surface area contributed by atoms with E-state index in [4.69, 9.17) is 5.73 Å². The van der Waals surface area contributed by atoms with E-state index >= 15 is 0 Å². The van der Waals surface area contributed by atoms with Gasteiger partial charge in [0.1, 0.15) is 5.82 Å². The normalized spacial score (nSPS) is 10.3. The van der Waals surface area contributed by atoms with Gasteiger partial charge in [0, 0.05) is 35.8 Å². The van der Waals surface area contributed by atoms with Crippen molar-refractivity contribution in [3.63, 3.8) is 0 Å². The standard InChI is InChI=1S/C17H16FN3O4/c1-11-10-12(2-7-15(11)21(24)25)17(23)20(9-8-16(19)22)14-5-3-13(18)4-6-14/h2-7,10H,8-9H2,1H3,(H2,19,22). The van der Waals surface area contributed by atoms with Crippen LogP contribution in [-0.2, 0) is 4.79 Å². The molecule has 0 radical (unpaired) electrons. The van der Waals surface area contributed by atoms with Crippen LogP contribution in [0.15, 0.2) is 42.5 Å². The topological polar surface area (TPSA) is 107 Å². The highest BCUT2D eigenvalue weighted by atomic mass is 19.1. The van der Waals surface area contributed by atoms with Gasteiger partial charge in [-0.2, -0.15) is 0 Å². The van der Waals surface area contributed by atoms with Crippen molar-refractivity contribution in [3.8, 4) is 0 Å². The second-order valence-electron chi connectivity index (χ2n) is 5.41. The minimum atomic E-state index is -0.584. The maximum Gasteiger partial charge on any atom is 0.272 e. The SMILES string of the molecule is Cc1cc(C(=O)N(CCC(N)=O)c2ccc(F)cc2)ccc1[N+](=O)[O-].